The van der Waals surface area contributed by atoms with Gasteiger partial charge in [-0.15, -0.1) is 0 Å². The van der Waals surface area contributed by atoms with Crippen LogP contribution in [0.15, 0.2) is 43.1 Å². The molecule has 0 spiro atoms. The van der Waals surface area contributed by atoms with Crippen molar-refractivity contribution in [2.75, 3.05) is 55.3 Å². The van der Waals surface area contributed by atoms with Gasteiger partial charge in [0.25, 0.3) is 5.91 Å². The number of carbonyl (C=O) groups excluding carboxylic acids is 2. The van der Waals surface area contributed by atoms with Gasteiger partial charge in [-0.1, -0.05) is 41.6 Å². The number of benzene rings is 1. The summed E-state index contributed by atoms with van der Waals surface area (Å²) in [5, 5.41) is 10.5. The molecule has 2 saturated heterocycles. The smallest absolute Gasteiger partial charge is 0.267 e. The Balaban J connectivity index is 1.31. The highest BCUT2D eigenvalue weighted by atomic mass is 35.5. The fourth-order valence-electron chi connectivity index (χ4n) is 4.60. The van der Waals surface area contributed by atoms with Crippen LogP contribution in [0.25, 0.3) is 0 Å². The monoisotopic (exact) mass is 582 g/mol. The number of halogens is 1. The Morgan fingerprint density at radius 1 is 1.25 bits per heavy atom. The SMILES string of the molecule is C=CC(=O)N1CC[C@H](Nc2nc(CN3CCOCC3)cc(Nc3ncc(C(=O)Nc4c(C)cccc4Cl)s3)n2)C1. The highest BCUT2D eigenvalue weighted by Gasteiger charge is 2.26. The van der Waals surface area contributed by atoms with E-state index in [1.54, 1.807) is 11.0 Å². The van der Waals surface area contributed by atoms with Gasteiger partial charge in [0.15, 0.2) is 5.13 Å². The van der Waals surface area contributed by atoms with E-state index in [1.165, 1.54) is 23.6 Å². The zero-order valence-corrected chi connectivity index (χ0v) is 23.7. The quantitative estimate of drug-likeness (QED) is 0.322. The summed E-state index contributed by atoms with van der Waals surface area (Å²) in [5.74, 6) is 0.650. The average molecular weight is 583 g/mol. The number of rotatable bonds is 9. The molecule has 3 aromatic rings. The summed E-state index contributed by atoms with van der Waals surface area (Å²) in [7, 11) is 0. The van der Waals surface area contributed by atoms with Gasteiger partial charge >= 0.3 is 0 Å². The predicted molar refractivity (Wildman–Crippen MR) is 156 cm³/mol. The van der Waals surface area contributed by atoms with Crippen molar-refractivity contribution in [3.8, 4) is 0 Å². The molecule has 210 valence electrons. The zero-order valence-electron chi connectivity index (χ0n) is 22.2. The van der Waals surface area contributed by atoms with Gasteiger partial charge in [-0.25, -0.2) is 9.97 Å². The van der Waals surface area contributed by atoms with Crippen LogP contribution >= 0.6 is 22.9 Å². The first-order valence-electron chi connectivity index (χ1n) is 13.0. The van der Waals surface area contributed by atoms with E-state index in [0.29, 0.717) is 65.3 Å². The molecule has 2 amide bonds. The zero-order chi connectivity index (χ0) is 28.1. The molecule has 11 nitrogen and oxygen atoms in total. The van der Waals surface area contributed by atoms with E-state index in [2.05, 4.69) is 37.4 Å². The van der Waals surface area contributed by atoms with Crippen LogP contribution in [0, 0.1) is 6.92 Å². The minimum Gasteiger partial charge on any atom is -0.379 e. The number of aromatic nitrogens is 3. The van der Waals surface area contributed by atoms with Crippen molar-refractivity contribution < 1.29 is 14.3 Å². The van der Waals surface area contributed by atoms with Crippen molar-refractivity contribution in [1.29, 1.82) is 0 Å². The van der Waals surface area contributed by atoms with Crippen LogP contribution in [0.2, 0.25) is 5.02 Å². The van der Waals surface area contributed by atoms with E-state index in [4.69, 9.17) is 21.3 Å². The molecule has 2 aliphatic heterocycles. The molecule has 5 rings (SSSR count). The van der Waals surface area contributed by atoms with E-state index in [-0.39, 0.29) is 17.9 Å². The van der Waals surface area contributed by atoms with Crippen LogP contribution in [0.1, 0.15) is 27.3 Å². The number of thiazole rings is 1. The Morgan fingerprint density at radius 2 is 2.08 bits per heavy atom. The van der Waals surface area contributed by atoms with Gasteiger partial charge in [0, 0.05) is 44.8 Å². The number of aryl methyl sites for hydroxylation is 1. The highest BCUT2D eigenvalue weighted by molar-refractivity contribution is 7.17. The molecule has 0 saturated carbocycles. The molecule has 3 N–H and O–H groups in total. The summed E-state index contributed by atoms with van der Waals surface area (Å²) < 4.78 is 5.48. The summed E-state index contributed by atoms with van der Waals surface area (Å²) in [6.45, 7) is 10.3. The number of anilines is 4. The number of hydrogen-bond donors (Lipinski definition) is 3. The van der Waals surface area contributed by atoms with Crippen molar-refractivity contribution in [2.24, 2.45) is 0 Å². The van der Waals surface area contributed by atoms with Gasteiger partial charge in [-0.2, -0.15) is 4.98 Å². The minimum absolute atomic E-state index is 0.0267. The van der Waals surface area contributed by atoms with Gasteiger partial charge in [0.1, 0.15) is 10.7 Å². The fourth-order valence-corrected chi connectivity index (χ4v) is 5.58. The Bertz CT molecular complexity index is 1370. The Labute approximate surface area is 241 Å². The Hall–Kier alpha value is -3.58. The lowest BCUT2D eigenvalue weighted by Crippen LogP contribution is -2.36. The van der Waals surface area contributed by atoms with Crippen molar-refractivity contribution in [1.82, 2.24) is 24.8 Å². The molecule has 13 heteroatoms. The molecule has 1 aromatic carbocycles. The van der Waals surface area contributed by atoms with Gasteiger partial charge < -0.3 is 25.6 Å². The Morgan fingerprint density at radius 3 is 2.85 bits per heavy atom. The van der Waals surface area contributed by atoms with Gasteiger partial charge in [-0.3, -0.25) is 14.5 Å². The average Bonchev–Trinajstić information content (AvgIpc) is 3.61. The summed E-state index contributed by atoms with van der Waals surface area (Å²) in [6.07, 6.45) is 3.64. The summed E-state index contributed by atoms with van der Waals surface area (Å²) in [6, 6.07) is 7.37. The van der Waals surface area contributed by atoms with E-state index in [1.807, 2.05) is 25.1 Å². The van der Waals surface area contributed by atoms with Crippen LogP contribution in [-0.4, -0.2) is 82.0 Å². The first-order valence-corrected chi connectivity index (χ1v) is 14.2. The molecule has 2 aromatic heterocycles. The van der Waals surface area contributed by atoms with E-state index >= 15 is 0 Å². The van der Waals surface area contributed by atoms with Crippen molar-refractivity contribution in [3.63, 3.8) is 0 Å². The van der Waals surface area contributed by atoms with E-state index in [0.717, 1.165) is 30.8 Å². The summed E-state index contributed by atoms with van der Waals surface area (Å²) >= 11 is 7.49. The number of likely N-dealkylation sites (tertiary alicyclic amines) is 1. The normalized spacial score (nSPS) is 17.4. The molecular weight excluding hydrogens is 552 g/mol. The van der Waals surface area contributed by atoms with Crippen LogP contribution in [0.3, 0.4) is 0 Å². The molecule has 0 aliphatic carbocycles. The van der Waals surface area contributed by atoms with Gasteiger partial charge in [0.05, 0.1) is 35.8 Å². The lowest BCUT2D eigenvalue weighted by molar-refractivity contribution is -0.125. The maximum absolute atomic E-state index is 12.9. The second-order valence-electron chi connectivity index (χ2n) is 9.62. The largest absolute Gasteiger partial charge is 0.379 e. The topological polar surface area (TPSA) is 125 Å². The fraction of sp³-hybridized carbons (Fsp3) is 0.370. The molecule has 0 radical (unpaired) electrons. The number of nitrogens with one attached hydrogen (secondary N) is 3. The van der Waals surface area contributed by atoms with Crippen LogP contribution in [0.5, 0.6) is 0 Å². The minimum atomic E-state index is -0.292. The van der Waals surface area contributed by atoms with Gasteiger partial charge in [0.2, 0.25) is 11.9 Å². The Kier molecular flexibility index (Phi) is 8.90. The van der Waals surface area contributed by atoms with Crippen molar-refractivity contribution in [2.45, 2.75) is 25.9 Å². The number of morpholine rings is 1. The highest BCUT2D eigenvalue weighted by Crippen LogP contribution is 2.28. The van der Waals surface area contributed by atoms with Crippen LogP contribution in [-0.2, 0) is 16.1 Å². The lowest BCUT2D eigenvalue weighted by Gasteiger charge is -2.26. The maximum Gasteiger partial charge on any atom is 0.267 e. The summed E-state index contributed by atoms with van der Waals surface area (Å²) in [4.78, 5) is 43.2. The van der Waals surface area contributed by atoms with Crippen LogP contribution in [0.4, 0.5) is 22.6 Å². The molecule has 4 heterocycles. The third-order valence-electron chi connectivity index (χ3n) is 6.70. The second-order valence-corrected chi connectivity index (χ2v) is 11.1. The number of hydrogen-bond acceptors (Lipinski definition) is 10. The molecule has 2 fully saturated rings. The van der Waals surface area contributed by atoms with Crippen molar-refractivity contribution >= 4 is 57.3 Å². The second kappa shape index (κ2) is 12.7. The number of amides is 2. The standard InChI is InChI=1S/C27H31ClN8O3S/c1-3-23(37)36-8-7-18(16-36)30-26-31-19(15-35-9-11-39-12-10-35)13-22(32-26)33-27-29-14-21(40-27)25(38)34-24-17(2)5-4-6-20(24)28/h3-6,13-14,18H,1,7-12,15-16H2,2H3,(H,34,38)(H2,29,30,31,32,33)/t18-/m0/s1. The van der Waals surface area contributed by atoms with Crippen LogP contribution < -0.4 is 16.0 Å². The molecule has 0 unspecified atom stereocenters. The third-order valence-corrected chi connectivity index (χ3v) is 7.93. The summed E-state index contributed by atoms with van der Waals surface area (Å²) in [5.41, 5.74) is 2.29. The first-order chi connectivity index (χ1) is 19.4. The molecular formula is C27H31ClN8O3S. The molecule has 0 bridgehead atoms. The third kappa shape index (κ3) is 6.94. The molecule has 2 aliphatic rings. The number of nitrogens with zero attached hydrogens (tertiary/aromatic N) is 5. The number of carbonyl (C=O) groups is 2. The predicted octanol–water partition coefficient (Wildman–Crippen LogP) is 3.92. The number of para-hydroxylation sites is 1. The lowest BCUT2D eigenvalue weighted by atomic mass is 10.2. The van der Waals surface area contributed by atoms with Crippen molar-refractivity contribution in [3.05, 3.63) is 64.3 Å². The number of ether oxygens (including phenoxy) is 1. The maximum atomic E-state index is 12.9. The van der Waals surface area contributed by atoms with Gasteiger partial charge in [-0.05, 0) is 31.1 Å². The molecule has 40 heavy (non-hydrogen) atoms. The van der Waals surface area contributed by atoms with E-state index < -0.39 is 0 Å². The molecule has 1 atom stereocenters. The first kappa shape index (κ1) is 28.0. The van der Waals surface area contributed by atoms with E-state index in [9.17, 15) is 9.59 Å².